The van der Waals surface area contributed by atoms with Crippen molar-refractivity contribution in [2.45, 2.75) is 26.2 Å². The van der Waals surface area contributed by atoms with E-state index in [4.69, 9.17) is 0 Å². The average molecular weight is 403 g/mol. The molecule has 1 saturated heterocycles. The van der Waals surface area contributed by atoms with E-state index in [0.29, 0.717) is 9.49 Å². The second-order valence-corrected chi connectivity index (χ2v) is 6.71. The minimum atomic E-state index is -0.319. The first-order valence-electron chi connectivity index (χ1n) is 7.51. The normalized spacial score (nSPS) is 18.5. The van der Waals surface area contributed by atoms with Gasteiger partial charge in [-0.05, 0) is 73.0 Å². The second kappa shape index (κ2) is 7.93. The second-order valence-electron chi connectivity index (χ2n) is 5.55. The van der Waals surface area contributed by atoms with Crippen molar-refractivity contribution in [2.75, 3.05) is 31.1 Å². The molecule has 0 saturated carbocycles. The Morgan fingerprint density at radius 3 is 2.90 bits per heavy atom. The van der Waals surface area contributed by atoms with Crippen LogP contribution in [-0.2, 0) is 0 Å². The molecule has 1 aromatic rings. The highest BCUT2D eigenvalue weighted by Crippen LogP contribution is 2.27. The maximum absolute atomic E-state index is 10.9. The molecule has 2 rings (SSSR count). The third kappa shape index (κ3) is 4.54. The third-order valence-corrected chi connectivity index (χ3v) is 4.73. The maximum atomic E-state index is 10.9. The molecule has 0 bridgehead atoms. The molecule has 1 fully saturated rings. The molecule has 0 amide bonds. The number of piperidine rings is 1. The standard InChI is InChI=1S/C15H22IN3O2/c1-2-8-18(11-12-4-3-7-17-10-12)13-5-6-15(19(20)21)14(16)9-13/h5-6,9,12,17H,2-4,7-8,10-11H2,1H3. The lowest BCUT2D eigenvalue weighted by Gasteiger charge is -2.31. The van der Waals surface area contributed by atoms with Crippen LogP contribution in [-0.4, -0.2) is 31.1 Å². The molecule has 6 heteroatoms. The van der Waals surface area contributed by atoms with Crippen molar-refractivity contribution in [2.24, 2.45) is 5.92 Å². The highest BCUT2D eigenvalue weighted by atomic mass is 127. The lowest BCUT2D eigenvalue weighted by molar-refractivity contribution is -0.385. The Kier molecular flexibility index (Phi) is 6.22. The van der Waals surface area contributed by atoms with E-state index >= 15 is 0 Å². The van der Waals surface area contributed by atoms with Gasteiger partial charge in [0.15, 0.2) is 0 Å². The van der Waals surface area contributed by atoms with Crippen molar-refractivity contribution in [1.82, 2.24) is 5.32 Å². The number of anilines is 1. The van der Waals surface area contributed by atoms with E-state index in [1.807, 2.05) is 12.1 Å². The van der Waals surface area contributed by atoms with Gasteiger partial charge in [0.25, 0.3) is 5.69 Å². The number of nitro benzene ring substituents is 1. The van der Waals surface area contributed by atoms with Crippen LogP contribution in [0.4, 0.5) is 11.4 Å². The number of rotatable bonds is 6. The Bertz CT molecular complexity index is 490. The molecule has 1 aliphatic heterocycles. The molecule has 1 aliphatic rings. The lowest BCUT2D eigenvalue weighted by Crippen LogP contribution is -2.38. The number of halogens is 1. The van der Waals surface area contributed by atoms with E-state index in [2.05, 4.69) is 39.7 Å². The molecule has 116 valence electrons. The van der Waals surface area contributed by atoms with Crippen LogP contribution >= 0.6 is 22.6 Å². The number of hydrogen-bond acceptors (Lipinski definition) is 4. The minimum absolute atomic E-state index is 0.190. The quantitative estimate of drug-likeness (QED) is 0.449. The van der Waals surface area contributed by atoms with Gasteiger partial charge in [-0.15, -0.1) is 0 Å². The summed E-state index contributed by atoms with van der Waals surface area (Å²) in [6, 6.07) is 5.44. The van der Waals surface area contributed by atoms with Crippen LogP contribution in [0.15, 0.2) is 18.2 Å². The van der Waals surface area contributed by atoms with Gasteiger partial charge in [0.1, 0.15) is 0 Å². The molecule has 1 aromatic carbocycles. The number of nitro groups is 1. The highest BCUT2D eigenvalue weighted by Gasteiger charge is 2.19. The Morgan fingerprint density at radius 2 is 2.33 bits per heavy atom. The zero-order valence-electron chi connectivity index (χ0n) is 12.3. The van der Waals surface area contributed by atoms with Gasteiger partial charge in [-0.2, -0.15) is 0 Å². The summed E-state index contributed by atoms with van der Waals surface area (Å²) in [5.74, 6) is 0.665. The largest absolute Gasteiger partial charge is 0.371 e. The summed E-state index contributed by atoms with van der Waals surface area (Å²) in [7, 11) is 0. The minimum Gasteiger partial charge on any atom is -0.371 e. The number of hydrogen-bond donors (Lipinski definition) is 1. The molecule has 0 aromatic heterocycles. The number of nitrogens with zero attached hydrogens (tertiary/aromatic N) is 2. The van der Waals surface area contributed by atoms with Crippen LogP contribution < -0.4 is 10.2 Å². The summed E-state index contributed by atoms with van der Waals surface area (Å²) in [6.07, 6.45) is 3.58. The summed E-state index contributed by atoms with van der Waals surface area (Å²) in [6.45, 7) is 6.38. The van der Waals surface area contributed by atoms with E-state index in [1.165, 1.54) is 12.8 Å². The Labute approximate surface area is 139 Å². The zero-order valence-corrected chi connectivity index (χ0v) is 14.5. The van der Waals surface area contributed by atoms with E-state index in [0.717, 1.165) is 38.3 Å². The molecular formula is C15H22IN3O2. The van der Waals surface area contributed by atoms with Crippen molar-refractivity contribution < 1.29 is 4.92 Å². The van der Waals surface area contributed by atoms with Gasteiger partial charge < -0.3 is 10.2 Å². The lowest BCUT2D eigenvalue weighted by atomic mass is 9.98. The van der Waals surface area contributed by atoms with E-state index in [9.17, 15) is 10.1 Å². The van der Waals surface area contributed by atoms with Crippen LogP contribution in [0.2, 0.25) is 0 Å². The van der Waals surface area contributed by atoms with Crippen LogP contribution in [0.5, 0.6) is 0 Å². The molecule has 0 spiro atoms. The van der Waals surface area contributed by atoms with Crippen LogP contribution in [0.3, 0.4) is 0 Å². The van der Waals surface area contributed by atoms with Gasteiger partial charge in [-0.25, -0.2) is 0 Å². The molecule has 0 radical (unpaired) electrons. The van der Waals surface area contributed by atoms with E-state index in [1.54, 1.807) is 6.07 Å². The molecule has 1 N–H and O–H groups in total. The molecule has 1 atom stereocenters. The van der Waals surface area contributed by atoms with Gasteiger partial charge in [0.2, 0.25) is 0 Å². The first kappa shape index (κ1) is 16.5. The van der Waals surface area contributed by atoms with Gasteiger partial charge in [0, 0.05) is 24.8 Å². The van der Waals surface area contributed by atoms with Crippen LogP contribution in [0.25, 0.3) is 0 Å². The van der Waals surface area contributed by atoms with Crippen molar-refractivity contribution in [3.05, 3.63) is 31.9 Å². The van der Waals surface area contributed by atoms with Gasteiger partial charge in [0.05, 0.1) is 8.49 Å². The summed E-state index contributed by atoms with van der Waals surface area (Å²) < 4.78 is 0.706. The highest BCUT2D eigenvalue weighted by molar-refractivity contribution is 14.1. The first-order valence-corrected chi connectivity index (χ1v) is 8.59. The Morgan fingerprint density at radius 1 is 1.52 bits per heavy atom. The maximum Gasteiger partial charge on any atom is 0.282 e. The van der Waals surface area contributed by atoms with Gasteiger partial charge >= 0.3 is 0 Å². The fourth-order valence-electron chi connectivity index (χ4n) is 2.83. The summed E-state index contributed by atoms with van der Waals surface area (Å²) >= 11 is 2.05. The van der Waals surface area contributed by atoms with Crippen molar-refractivity contribution in [1.29, 1.82) is 0 Å². The zero-order chi connectivity index (χ0) is 15.2. The third-order valence-electron chi connectivity index (χ3n) is 3.86. The number of nitrogens with one attached hydrogen (secondary N) is 1. The monoisotopic (exact) mass is 403 g/mol. The van der Waals surface area contributed by atoms with Crippen molar-refractivity contribution in [3.8, 4) is 0 Å². The fraction of sp³-hybridized carbons (Fsp3) is 0.600. The summed E-state index contributed by atoms with van der Waals surface area (Å²) in [5.41, 5.74) is 1.28. The van der Waals surface area contributed by atoms with E-state index < -0.39 is 0 Å². The van der Waals surface area contributed by atoms with Gasteiger partial charge in [-0.1, -0.05) is 6.92 Å². The Balaban J connectivity index is 2.13. The number of benzene rings is 1. The molecule has 21 heavy (non-hydrogen) atoms. The smallest absolute Gasteiger partial charge is 0.282 e. The first-order chi connectivity index (χ1) is 10.1. The summed E-state index contributed by atoms with van der Waals surface area (Å²) in [5, 5.41) is 14.4. The van der Waals surface area contributed by atoms with Crippen LogP contribution in [0.1, 0.15) is 26.2 Å². The molecular weight excluding hydrogens is 381 g/mol. The molecule has 1 heterocycles. The van der Waals surface area contributed by atoms with Crippen molar-refractivity contribution in [3.63, 3.8) is 0 Å². The SMILES string of the molecule is CCCN(CC1CCCNC1)c1ccc([N+](=O)[O-])c(I)c1. The fourth-order valence-corrected chi connectivity index (χ4v) is 3.52. The van der Waals surface area contributed by atoms with Crippen molar-refractivity contribution >= 4 is 34.0 Å². The predicted octanol–water partition coefficient (Wildman–Crippen LogP) is 3.42. The molecule has 5 nitrogen and oxygen atoms in total. The molecule has 1 unspecified atom stereocenters. The van der Waals surface area contributed by atoms with Crippen LogP contribution in [0, 0.1) is 19.6 Å². The molecule has 0 aliphatic carbocycles. The van der Waals surface area contributed by atoms with E-state index in [-0.39, 0.29) is 10.6 Å². The van der Waals surface area contributed by atoms with Gasteiger partial charge in [-0.3, -0.25) is 10.1 Å². The Hall–Kier alpha value is -0.890. The summed E-state index contributed by atoms with van der Waals surface area (Å²) in [4.78, 5) is 13.0. The predicted molar refractivity (Wildman–Crippen MR) is 93.9 cm³/mol. The average Bonchev–Trinajstić information content (AvgIpc) is 2.47. The topological polar surface area (TPSA) is 58.4 Å².